The predicted octanol–water partition coefficient (Wildman–Crippen LogP) is 4.12. The SMILES string of the molecule is CC[C@@H](NC(=O)COC(=O)c1nc(Cl)ccc1Cl)c1ccc(C)cc1. The normalized spacial score (nSPS) is 11.7. The Labute approximate surface area is 156 Å². The molecule has 1 aromatic heterocycles. The van der Waals surface area contributed by atoms with Gasteiger partial charge in [-0.2, -0.15) is 0 Å². The number of nitrogens with one attached hydrogen (secondary N) is 1. The van der Waals surface area contributed by atoms with Gasteiger partial charge in [0.05, 0.1) is 11.1 Å². The fraction of sp³-hybridized carbons (Fsp3) is 0.278. The third-order valence-corrected chi connectivity index (χ3v) is 4.08. The van der Waals surface area contributed by atoms with Crippen molar-refractivity contribution in [3.05, 3.63) is 63.4 Å². The third kappa shape index (κ3) is 5.44. The van der Waals surface area contributed by atoms with Crippen molar-refractivity contribution in [1.29, 1.82) is 0 Å². The van der Waals surface area contributed by atoms with E-state index < -0.39 is 18.5 Å². The van der Waals surface area contributed by atoms with Crippen LogP contribution >= 0.6 is 23.2 Å². The molecule has 0 unspecified atom stereocenters. The molecule has 0 aliphatic rings. The van der Waals surface area contributed by atoms with Crippen LogP contribution in [0.4, 0.5) is 0 Å². The van der Waals surface area contributed by atoms with Crippen molar-refractivity contribution in [3.8, 4) is 0 Å². The Morgan fingerprint density at radius 1 is 1.16 bits per heavy atom. The molecule has 0 aliphatic heterocycles. The van der Waals surface area contributed by atoms with E-state index in [-0.39, 0.29) is 21.9 Å². The summed E-state index contributed by atoms with van der Waals surface area (Å²) in [5.41, 5.74) is 2.02. The Kier molecular flexibility index (Phi) is 6.79. The van der Waals surface area contributed by atoms with Crippen molar-refractivity contribution in [3.63, 3.8) is 0 Å². The molecule has 1 atom stereocenters. The molecule has 0 radical (unpaired) electrons. The lowest BCUT2D eigenvalue weighted by Crippen LogP contribution is -2.32. The molecule has 0 saturated heterocycles. The fourth-order valence-electron chi connectivity index (χ4n) is 2.22. The Morgan fingerprint density at radius 3 is 2.48 bits per heavy atom. The number of aromatic nitrogens is 1. The molecular formula is C18H18Cl2N2O3. The van der Waals surface area contributed by atoms with Gasteiger partial charge in [0, 0.05) is 0 Å². The Bertz CT molecular complexity index is 763. The maximum Gasteiger partial charge on any atom is 0.359 e. The molecule has 1 amide bonds. The van der Waals surface area contributed by atoms with Crippen molar-refractivity contribution in [2.45, 2.75) is 26.3 Å². The van der Waals surface area contributed by atoms with Crippen molar-refractivity contribution < 1.29 is 14.3 Å². The number of pyridine rings is 1. The number of aryl methyl sites for hydroxylation is 1. The van der Waals surface area contributed by atoms with Crippen LogP contribution in [0.5, 0.6) is 0 Å². The van der Waals surface area contributed by atoms with Crippen LogP contribution in [0.25, 0.3) is 0 Å². The molecular weight excluding hydrogens is 363 g/mol. The highest BCUT2D eigenvalue weighted by molar-refractivity contribution is 6.34. The van der Waals surface area contributed by atoms with E-state index in [1.165, 1.54) is 12.1 Å². The maximum absolute atomic E-state index is 12.1. The highest BCUT2D eigenvalue weighted by atomic mass is 35.5. The van der Waals surface area contributed by atoms with E-state index in [2.05, 4.69) is 10.3 Å². The van der Waals surface area contributed by atoms with E-state index in [1.807, 2.05) is 38.1 Å². The summed E-state index contributed by atoms with van der Waals surface area (Å²) in [7, 11) is 0. The number of benzene rings is 1. The van der Waals surface area contributed by atoms with E-state index >= 15 is 0 Å². The molecule has 5 nitrogen and oxygen atoms in total. The molecule has 2 rings (SSSR count). The number of nitrogens with zero attached hydrogens (tertiary/aromatic N) is 1. The number of hydrogen-bond acceptors (Lipinski definition) is 4. The molecule has 0 fully saturated rings. The Balaban J connectivity index is 1.94. The minimum atomic E-state index is -0.800. The van der Waals surface area contributed by atoms with Crippen molar-refractivity contribution in [1.82, 2.24) is 10.3 Å². The van der Waals surface area contributed by atoms with Crippen molar-refractivity contribution in [2.75, 3.05) is 6.61 Å². The number of amides is 1. The molecule has 0 bridgehead atoms. The minimum absolute atomic E-state index is 0.112. The molecule has 1 N–H and O–H groups in total. The second kappa shape index (κ2) is 8.83. The third-order valence-electron chi connectivity index (χ3n) is 3.56. The molecule has 0 aliphatic carbocycles. The lowest BCUT2D eigenvalue weighted by molar-refractivity contribution is -0.125. The standard InChI is InChI=1S/C18H18Cl2N2O3/c1-3-14(12-6-4-11(2)5-7-12)21-16(23)10-25-18(24)17-13(19)8-9-15(20)22-17/h4-9,14H,3,10H2,1-2H3,(H,21,23)/t14-/m1/s1. The lowest BCUT2D eigenvalue weighted by atomic mass is 10.0. The first-order valence-corrected chi connectivity index (χ1v) is 8.51. The summed E-state index contributed by atoms with van der Waals surface area (Å²) in [6.07, 6.45) is 0.713. The number of ether oxygens (including phenoxy) is 1. The molecule has 0 spiro atoms. The largest absolute Gasteiger partial charge is 0.451 e. The van der Waals surface area contributed by atoms with Crippen LogP contribution < -0.4 is 5.32 Å². The zero-order chi connectivity index (χ0) is 18.4. The first-order valence-electron chi connectivity index (χ1n) is 7.75. The van der Waals surface area contributed by atoms with Gasteiger partial charge in [-0.05, 0) is 31.0 Å². The van der Waals surface area contributed by atoms with Crippen LogP contribution in [-0.2, 0) is 9.53 Å². The van der Waals surface area contributed by atoms with Gasteiger partial charge < -0.3 is 10.1 Å². The topological polar surface area (TPSA) is 68.3 Å². The Hall–Kier alpha value is -2.11. The molecule has 25 heavy (non-hydrogen) atoms. The van der Waals surface area contributed by atoms with E-state index in [0.717, 1.165) is 11.1 Å². The van der Waals surface area contributed by atoms with Gasteiger partial charge in [-0.1, -0.05) is 60.0 Å². The highest BCUT2D eigenvalue weighted by Gasteiger charge is 2.18. The van der Waals surface area contributed by atoms with E-state index in [1.54, 1.807) is 0 Å². The van der Waals surface area contributed by atoms with Crippen LogP contribution in [0, 0.1) is 6.92 Å². The maximum atomic E-state index is 12.1. The Morgan fingerprint density at radius 2 is 1.84 bits per heavy atom. The summed E-state index contributed by atoms with van der Waals surface area (Å²) in [5.74, 6) is -1.20. The summed E-state index contributed by atoms with van der Waals surface area (Å²) in [5, 5.41) is 3.07. The zero-order valence-electron chi connectivity index (χ0n) is 13.9. The van der Waals surface area contributed by atoms with Gasteiger partial charge in [0.2, 0.25) is 0 Å². The molecule has 7 heteroatoms. The number of carbonyl (C=O) groups is 2. The quantitative estimate of drug-likeness (QED) is 0.604. The van der Waals surface area contributed by atoms with Gasteiger partial charge in [0.25, 0.3) is 5.91 Å². The van der Waals surface area contributed by atoms with Gasteiger partial charge in [-0.15, -0.1) is 0 Å². The zero-order valence-corrected chi connectivity index (χ0v) is 15.4. The smallest absolute Gasteiger partial charge is 0.359 e. The summed E-state index contributed by atoms with van der Waals surface area (Å²) < 4.78 is 4.97. The monoisotopic (exact) mass is 380 g/mol. The predicted molar refractivity (Wildman–Crippen MR) is 96.9 cm³/mol. The second-order valence-corrected chi connectivity index (χ2v) is 6.27. The number of hydrogen-bond donors (Lipinski definition) is 1. The van der Waals surface area contributed by atoms with Crippen LogP contribution in [-0.4, -0.2) is 23.5 Å². The van der Waals surface area contributed by atoms with Gasteiger partial charge >= 0.3 is 5.97 Å². The van der Waals surface area contributed by atoms with Crippen LogP contribution in [0.2, 0.25) is 10.2 Å². The minimum Gasteiger partial charge on any atom is -0.451 e. The molecule has 1 aromatic carbocycles. The first kappa shape index (κ1) is 19.2. The summed E-state index contributed by atoms with van der Waals surface area (Å²) in [4.78, 5) is 27.9. The molecule has 1 heterocycles. The summed E-state index contributed by atoms with van der Waals surface area (Å²) in [6, 6.07) is 10.6. The summed E-state index contributed by atoms with van der Waals surface area (Å²) >= 11 is 11.6. The number of halogens is 2. The van der Waals surface area contributed by atoms with E-state index in [9.17, 15) is 9.59 Å². The lowest BCUT2D eigenvalue weighted by Gasteiger charge is -2.17. The molecule has 2 aromatic rings. The van der Waals surface area contributed by atoms with Gasteiger partial charge in [0.15, 0.2) is 12.3 Å². The first-order chi connectivity index (χ1) is 11.9. The van der Waals surface area contributed by atoms with E-state index in [0.29, 0.717) is 6.42 Å². The number of rotatable bonds is 6. The van der Waals surface area contributed by atoms with Crippen LogP contribution in [0.15, 0.2) is 36.4 Å². The van der Waals surface area contributed by atoms with Crippen molar-refractivity contribution in [2.24, 2.45) is 0 Å². The van der Waals surface area contributed by atoms with Gasteiger partial charge in [-0.25, -0.2) is 9.78 Å². The fourth-order valence-corrected chi connectivity index (χ4v) is 2.55. The number of esters is 1. The van der Waals surface area contributed by atoms with Crippen molar-refractivity contribution >= 4 is 35.1 Å². The molecule has 132 valence electrons. The average Bonchev–Trinajstić information content (AvgIpc) is 2.60. The summed E-state index contributed by atoms with van der Waals surface area (Å²) in [6.45, 7) is 3.54. The second-order valence-electron chi connectivity index (χ2n) is 5.48. The van der Waals surface area contributed by atoms with Crippen LogP contribution in [0.1, 0.15) is 41.0 Å². The molecule has 0 saturated carbocycles. The highest BCUT2D eigenvalue weighted by Crippen LogP contribution is 2.18. The van der Waals surface area contributed by atoms with Gasteiger partial charge in [0.1, 0.15) is 5.15 Å². The van der Waals surface area contributed by atoms with Crippen LogP contribution in [0.3, 0.4) is 0 Å². The average molecular weight is 381 g/mol. The number of carbonyl (C=O) groups excluding carboxylic acids is 2. The van der Waals surface area contributed by atoms with Gasteiger partial charge in [-0.3, -0.25) is 4.79 Å². The van der Waals surface area contributed by atoms with E-state index in [4.69, 9.17) is 27.9 Å².